The highest BCUT2D eigenvalue weighted by molar-refractivity contribution is 5.15. The number of anilines is 1. The number of nitrogens with zero attached hydrogens (tertiary/aromatic N) is 2. The van der Waals surface area contributed by atoms with Crippen LogP contribution in [-0.2, 0) is 0 Å². The van der Waals surface area contributed by atoms with E-state index in [0.717, 1.165) is 0 Å². The summed E-state index contributed by atoms with van der Waals surface area (Å²) < 4.78 is 17.8. The molecule has 12 heavy (non-hydrogen) atoms. The van der Waals surface area contributed by atoms with E-state index < -0.39 is 5.67 Å². The van der Waals surface area contributed by atoms with Crippen molar-refractivity contribution in [3.63, 3.8) is 0 Å². The van der Waals surface area contributed by atoms with Gasteiger partial charge >= 0.3 is 0 Å². The molecule has 1 aliphatic rings. The Hall–Kier alpha value is -1.13. The maximum absolute atomic E-state index is 13.0. The van der Waals surface area contributed by atoms with Crippen LogP contribution in [0.3, 0.4) is 0 Å². The van der Waals surface area contributed by atoms with Gasteiger partial charge < -0.3 is 10.3 Å². The summed E-state index contributed by atoms with van der Waals surface area (Å²) in [6.45, 7) is 1.57. The standard InChI is InChI=1S/C7H10FN3O/c1-7(8)2-4(3-7)5-10-6(9)11-12-5/h4H,2-3H2,1H3,(H2,9,11). The maximum atomic E-state index is 13.0. The lowest BCUT2D eigenvalue weighted by Crippen LogP contribution is -2.35. The molecule has 0 aliphatic heterocycles. The monoisotopic (exact) mass is 171 g/mol. The zero-order valence-corrected chi connectivity index (χ0v) is 6.75. The number of hydrogen-bond donors (Lipinski definition) is 1. The summed E-state index contributed by atoms with van der Waals surface area (Å²) in [5.41, 5.74) is 4.19. The number of aromatic nitrogens is 2. The van der Waals surface area contributed by atoms with Crippen LogP contribution in [0, 0.1) is 0 Å². The van der Waals surface area contributed by atoms with Gasteiger partial charge in [0.1, 0.15) is 5.67 Å². The number of halogens is 1. The summed E-state index contributed by atoms with van der Waals surface area (Å²) in [4.78, 5) is 3.83. The molecule has 66 valence electrons. The summed E-state index contributed by atoms with van der Waals surface area (Å²) in [5, 5.41) is 3.44. The molecule has 0 aromatic carbocycles. The first-order valence-corrected chi connectivity index (χ1v) is 3.85. The molecule has 0 atom stereocenters. The van der Waals surface area contributed by atoms with E-state index in [1.54, 1.807) is 6.92 Å². The molecule has 0 bridgehead atoms. The summed E-state index contributed by atoms with van der Waals surface area (Å²) in [5.74, 6) is 0.643. The first-order valence-electron chi connectivity index (χ1n) is 3.85. The SMILES string of the molecule is CC1(F)CC(c2nc(N)no2)C1. The van der Waals surface area contributed by atoms with Gasteiger partial charge in [-0.3, -0.25) is 0 Å². The molecule has 0 saturated heterocycles. The Morgan fingerprint density at radius 1 is 1.67 bits per heavy atom. The molecule has 0 amide bonds. The van der Waals surface area contributed by atoms with Gasteiger partial charge in [-0.15, -0.1) is 0 Å². The summed E-state index contributed by atoms with van der Waals surface area (Å²) >= 11 is 0. The Kier molecular flexibility index (Phi) is 1.37. The van der Waals surface area contributed by atoms with Gasteiger partial charge in [-0.2, -0.15) is 4.98 Å². The van der Waals surface area contributed by atoms with Crippen LogP contribution in [0.5, 0.6) is 0 Å². The van der Waals surface area contributed by atoms with E-state index in [1.807, 2.05) is 0 Å². The molecule has 0 unspecified atom stereocenters. The van der Waals surface area contributed by atoms with E-state index in [-0.39, 0.29) is 11.9 Å². The van der Waals surface area contributed by atoms with Gasteiger partial charge in [-0.1, -0.05) is 0 Å². The fourth-order valence-electron chi connectivity index (χ4n) is 1.56. The molecule has 1 heterocycles. The van der Waals surface area contributed by atoms with Crippen molar-refractivity contribution < 1.29 is 8.91 Å². The van der Waals surface area contributed by atoms with Gasteiger partial charge in [0, 0.05) is 5.92 Å². The van der Waals surface area contributed by atoms with Gasteiger partial charge in [-0.05, 0) is 24.9 Å². The Labute approximate surface area is 68.9 Å². The lowest BCUT2D eigenvalue weighted by Gasteiger charge is -2.36. The van der Waals surface area contributed by atoms with Gasteiger partial charge in [0.05, 0.1) is 0 Å². The molecular formula is C7H10FN3O. The fourth-order valence-corrected chi connectivity index (χ4v) is 1.56. The molecule has 1 saturated carbocycles. The van der Waals surface area contributed by atoms with Crippen LogP contribution in [-0.4, -0.2) is 15.8 Å². The van der Waals surface area contributed by atoms with Crippen molar-refractivity contribution in [1.82, 2.24) is 10.1 Å². The van der Waals surface area contributed by atoms with Crippen molar-refractivity contribution in [2.75, 3.05) is 5.73 Å². The van der Waals surface area contributed by atoms with Crippen molar-refractivity contribution in [1.29, 1.82) is 0 Å². The van der Waals surface area contributed by atoms with E-state index in [2.05, 4.69) is 10.1 Å². The molecule has 1 aliphatic carbocycles. The number of nitrogen functional groups attached to an aromatic ring is 1. The molecule has 0 spiro atoms. The van der Waals surface area contributed by atoms with E-state index >= 15 is 0 Å². The van der Waals surface area contributed by atoms with E-state index in [0.29, 0.717) is 18.7 Å². The average Bonchev–Trinajstić information content (AvgIpc) is 2.30. The lowest BCUT2D eigenvalue weighted by molar-refractivity contribution is 0.0481. The minimum Gasteiger partial charge on any atom is -0.365 e. The maximum Gasteiger partial charge on any atom is 0.260 e. The molecule has 4 nitrogen and oxygen atoms in total. The molecule has 2 N–H and O–H groups in total. The average molecular weight is 171 g/mol. The molecular weight excluding hydrogens is 161 g/mol. The first-order chi connectivity index (χ1) is 5.57. The summed E-state index contributed by atoms with van der Waals surface area (Å²) in [7, 11) is 0. The summed E-state index contributed by atoms with van der Waals surface area (Å²) in [6.07, 6.45) is 0.906. The van der Waals surface area contributed by atoms with Crippen LogP contribution in [0.2, 0.25) is 0 Å². The highest BCUT2D eigenvalue weighted by atomic mass is 19.1. The normalized spacial score (nSPS) is 34.7. The molecule has 1 fully saturated rings. The van der Waals surface area contributed by atoms with E-state index in [1.165, 1.54) is 0 Å². The zero-order valence-electron chi connectivity index (χ0n) is 6.75. The molecule has 2 rings (SSSR count). The molecule has 5 heteroatoms. The molecule has 0 radical (unpaired) electrons. The number of alkyl halides is 1. The largest absolute Gasteiger partial charge is 0.365 e. The quantitative estimate of drug-likeness (QED) is 0.690. The molecule has 1 aromatic rings. The van der Waals surface area contributed by atoms with Gasteiger partial charge in [0.2, 0.25) is 5.89 Å². The second-order valence-electron chi connectivity index (χ2n) is 3.51. The van der Waals surface area contributed by atoms with Crippen molar-refractivity contribution in [2.24, 2.45) is 0 Å². The predicted octanol–water partition coefficient (Wildman–Crippen LogP) is 1.26. The Balaban J connectivity index is 2.06. The number of nitrogens with two attached hydrogens (primary N) is 1. The van der Waals surface area contributed by atoms with Crippen molar-refractivity contribution >= 4 is 5.95 Å². The Morgan fingerprint density at radius 2 is 2.33 bits per heavy atom. The minimum atomic E-state index is -1.06. The topological polar surface area (TPSA) is 64.9 Å². The summed E-state index contributed by atoms with van der Waals surface area (Å²) in [6, 6.07) is 0. The third-order valence-electron chi connectivity index (χ3n) is 2.15. The predicted molar refractivity (Wildman–Crippen MR) is 40.2 cm³/mol. The van der Waals surface area contributed by atoms with Gasteiger partial charge in [-0.25, -0.2) is 4.39 Å². The highest BCUT2D eigenvalue weighted by Crippen LogP contribution is 2.46. The Morgan fingerprint density at radius 3 is 2.75 bits per heavy atom. The fraction of sp³-hybridized carbons (Fsp3) is 0.714. The van der Waals surface area contributed by atoms with Crippen LogP contribution in [0.25, 0.3) is 0 Å². The van der Waals surface area contributed by atoms with Crippen molar-refractivity contribution in [3.8, 4) is 0 Å². The van der Waals surface area contributed by atoms with Crippen LogP contribution in [0.4, 0.5) is 10.3 Å². The Bertz CT molecular complexity index is 289. The van der Waals surface area contributed by atoms with Crippen LogP contribution >= 0.6 is 0 Å². The number of rotatable bonds is 1. The van der Waals surface area contributed by atoms with E-state index in [4.69, 9.17) is 10.3 Å². The minimum absolute atomic E-state index is 0.0600. The van der Waals surface area contributed by atoms with Crippen LogP contribution in [0.1, 0.15) is 31.6 Å². The third-order valence-corrected chi connectivity index (χ3v) is 2.15. The van der Waals surface area contributed by atoms with Crippen LogP contribution < -0.4 is 5.73 Å². The molecule has 1 aromatic heterocycles. The highest BCUT2D eigenvalue weighted by Gasteiger charge is 2.44. The second-order valence-corrected chi connectivity index (χ2v) is 3.51. The number of hydrogen-bond acceptors (Lipinski definition) is 4. The lowest BCUT2D eigenvalue weighted by atomic mass is 9.73. The van der Waals surface area contributed by atoms with Crippen molar-refractivity contribution in [2.45, 2.75) is 31.4 Å². The van der Waals surface area contributed by atoms with Crippen LogP contribution in [0.15, 0.2) is 4.52 Å². The third kappa shape index (κ3) is 1.15. The van der Waals surface area contributed by atoms with Crippen molar-refractivity contribution in [3.05, 3.63) is 5.89 Å². The van der Waals surface area contributed by atoms with E-state index in [9.17, 15) is 4.39 Å². The smallest absolute Gasteiger partial charge is 0.260 e. The second kappa shape index (κ2) is 2.18. The zero-order chi connectivity index (χ0) is 8.77. The van der Waals surface area contributed by atoms with Gasteiger partial charge in [0.15, 0.2) is 0 Å². The first kappa shape index (κ1) is 7.52. The van der Waals surface area contributed by atoms with Gasteiger partial charge in [0.25, 0.3) is 5.95 Å².